The largest absolute Gasteiger partial charge is 0.382 e. The van der Waals surface area contributed by atoms with Crippen molar-refractivity contribution in [2.45, 2.75) is 24.5 Å². The van der Waals surface area contributed by atoms with E-state index in [0.717, 1.165) is 0 Å². The van der Waals surface area contributed by atoms with Crippen molar-refractivity contribution in [1.82, 2.24) is 9.55 Å². The Morgan fingerprint density at radius 2 is 2.25 bits per heavy atom. The Morgan fingerprint density at radius 3 is 2.75 bits per heavy atom. The molecule has 1 atom stereocenters. The summed E-state index contributed by atoms with van der Waals surface area (Å²) in [6, 6.07) is 0. The SMILES string of the molecule is COC1(C(O)c2nccn2C)CCOCC1. The van der Waals surface area contributed by atoms with Gasteiger partial charge in [0.05, 0.1) is 0 Å². The highest BCUT2D eigenvalue weighted by Crippen LogP contribution is 2.36. The van der Waals surface area contributed by atoms with Crippen molar-refractivity contribution >= 4 is 0 Å². The summed E-state index contributed by atoms with van der Waals surface area (Å²) in [5.74, 6) is 0.642. The molecule has 1 aromatic heterocycles. The molecule has 90 valence electrons. The van der Waals surface area contributed by atoms with E-state index in [1.165, 1.54) is 0 Å². The first-order chi connectivity index (χ1) is 7.69. The molecule has 1 unspecified atom stereocenters. The topological polar surface area (TPSA) is 56.5 Å². The van der Waals surface area contributed by atoms with Crippen LogP contribution in [0.4, 0.5) is 0 Å². The molecule has 0 aliphatic carbocycles. The molecule has 5 nitrogen and oxygen atoms in total. The summed E-state index contributed by atoms with van der Waals surface area (Å²) in [7, 11) is 3.51. The van der Waals surface area contributed by atoms with Crippen LogP contribution in [0, 0.1) is 0 Å². The van der Waals surface area contributed by atoms with Gasteiger partial charge >= 0.3 is 0 Å². The molecule has 1 N–H and O–H groups in total. The van der Waals surface area contributed by atoms with Crippen LogP contribution in [0.25, 0.3) is 0 Å². The minimum Gasteiger partial charge on any atom is -0.382 e. The fourth-order valence-electron chi connectivity index (χ4n) is 2.18. The van der Waals surface area contributed by atoms with E-state index in [-0.39, 0.29) is 0 Å². The molecule has 1 saturated heterocycles. The van der Waals surface area contributed by atoms with E-state index in [2.05, 4.69) is 4.98 Å². The Hall–Kier alpha value is -0.910. The summed E-state index contributed by atoms with van der Waals surface area (Å²) in [5.41, 5.74) is -0.558. The van der Waals surface area contributed by atoms with Crippen molar-refractivity contribution in [2.75, 3.05) is 20.3 Å². The molecule has 0 amide bonds. The number of rotatable bonds is 3. The number of hydrogen-bond acceptors (Lipinski definition) is 4. The number of aliphatic hydroxyl groups is 1. The molecule has 16 heavy (non-hydrogen) atoms. The Bertz CT molecular complexity index is 345. The number of imidazole rings is 1. The average Bonchev–Trinajstić information content (AvgIpc) is 2.75. The van der Waals surface area contributed by atoms with Crippen molar-refractivity contribution in [3.05, 3.63) is 18.2 Å². The summed E-state index contributed by atoms with van der Waals surface area (Å²) >= 11 is 0. The fraction of sp³-hybridized carbons (Fsp3) is 0.727. The lowest BCUT2D eigenvalue weighted by atomic mass is 9.87. The highest BCUT2D eigenvalue weighted by Gasteiger charge is 2.42. The van der Waals surface area contributed by atoms with Gasteiger partial charge in [-0.1, -0.05) is 0 Å². The van der Waals surface area contributed by atoms with Gasteiger partial charge in [0.1, 0.15) is 17.5 Å². The van der Waals surface area contributed by atoms with E-state index in [9.17, 15) is 5.11 Å². The zero-order valence-corrected chi connectivity index (χ0v) is 9.72. The van der Waals surface area contributed by atoms with Crippen LogP contribution in [0.15, 0.2) is 12.4 Å². The molecule has 1 aliphatic heterocycles. The van der Waals surface area contributed by atoms with Gasteiger partial charge in [0.2, 0.25) is 0 Å². The quantitative estimate of drug-likeness (QED) is 0.822. The molecule has 2 heterocycles. The number of nitrogens with zero attached hydrogens (tertiary/aromatic N) is 2. The van der Waals surface area contributed by atoms with E-state index in [1.807, 2.05) is 17.8 Å². The Balaban J connectivity index is 2.24. The standard InChI is InChI=1S/C11H18N2O3/c1-13-6-5-12-10(13)9(14)11(15-2)3-7-16-8-4-11/h5-6,9,14H,3-4,7-8H2,1-2H3. The maximum absolute atomic E-state index is 10.4. The monoisotopic (exact) mass is 226 g/mol. The average molecular weight is 226 g/mol. The molecule has 0 aromatic carbocycles. The predicted molar refractivity (Wildman–Crippen MR) is 58.0 cm³/mol. The molecule has 1 aromatic rings. The molecule has 5 heteroatoms. The minimum absolute atomic E-state index is 0.558. The van der Waals surface area contributed by atoms with Gasteiger partial charge in [-0.05, 0) is 0 Å². The first kappa shape index (κ1) is 11.6. The van der Waals surface area contributed by atoms with Gasteiger partial charge in [-0.3, -0.25) is 0 Å². The molecule has 0 spiro atoms. The zero-order valence-electron chi connectivity index (χ0n) is 9.72. The number of ether oxygens (including phenoxy) is 2. The van der Waals surface area contributed by atoms with Crippen LogP contribution in [0.1, 0.15) is 24.8 Å². The van der Waals surface area contributed by atoms with Crippen LogP contribution in [-0.4, -0.2) is 40.6 Å². The molecule has 1 aliphatic rings. The lowest BCUT2D eigenvalue weighted by Gasteiger charge is -2.39. The summed E-state index contributed by atoms with van der Waals surface area (Å²) in [6.45, 7) is 1.24. The Kier molecular flexibility index (Phi) is 3.28. The van der Waals surface area contributed by atoms with E-state index in [1.54, 1.807) is 13.3 Å². The highest BCUT2D eigenvalue weighted by atomic mass is 16.5. The molecule has 0 radical (unpaired) electrons. The van der Waals surface area contributed by atoms with E-state index < -0.39 is 11.7 Å². The van der Waals surface area contributed by atoms with Crippen LogP contribution in [0.2, 0.25) is 0 Å². The second kappa shape index (κ2) is 4.53. The molecule has 0 bridgehead atoms. The maximum atomic E-state index is 10.4. The van der Waals surface area contributed by atoms with Gasteiger partial charge in [-0.2, -0.15) is 0 Å². The van der Waals surface area contributed by atoms with E-state index in [4.69, 9.17) is 9.47 Å². The van der Waals surface area contributed by atoms with Gasteiger partial charge in [0.15, 0.2) is 0 Å². The van der Waals surface area contributed by atoms with Gasteiger partial charge in [0, 0.05) is 52.6 Å². The van der Waals surface area contributed by atoms with Crippen molar-refractivity contribution in [3.8, 4) is 0 Å². The third-order valence-electron chi connectivity index (χ3n) is 3.35. The number of aryl methyl sites for hydroxylation is 1. The van der Waals surface area contributed by atoms with Crippen molar-refractivity contribution < 1.29 is 14.6 Å². The summed E-state index contributed by atoms with van der Waals surface area (Å²) in [5, 5.41) is 10.4. The first-order valence-corrected chi connectivity index (χ1v) is 5.48. The molecule has 2 rings (SSSR count). The van der Waals surface area contributed by atoms with Crippen LogP contribution >= 0.6 is 0 Å². The van der Waals surface area contributed by atoms with Gasteiger partial charge in [0.25, 0.3) is 0 Å². The van der Waals surface area contributed by atoms with Crippen molar-refractivity contribution in [3.63, 3.8) is 0 Å². The lowest BCUT2D eigenvalue weighted by Crippen LogP contribution is -2.44. The van der Waals surface area contributed by atoms with Crippen LogP contribution in [0.5, 0.6) is 0 Å². The van der Waals surface area contributed by atoms with Gasteiger partial charge in [-0.15, -0.1) is 0 Å². The fourth-order valence-corrected chi connectivity index (χ4v) is 2.18. The Labute approximate surface area is 95.0 Å². The predicted octanol–water partition coefficient (Wildman–Crippen LogP) is 0.649. The molecule has 1 fully saturated rings. The van der Waals surface area contributed by atoms with Crippen molar-refractivity contribution in [1.29, 1.82) is 0 Å². The number of aromatic nitrogens is 2. The smallest absolute Gasteiger partial charge is 0.141 e. The lowest BCUT2D eigenvalue weighted by molar-refractivity contribution is -0.157. The first-order valence-electron chi connectivity index (χ1n) is 5.48. The van der Waals surface area contributed by atoms with Crippen LogP contribution < -0.4 is 0 Å². The molecule has 0 saturated carbocycles. The zero-order chi connectivity index (χ0) is 11.6. The summed E-state index contributed by atoms with van der Waals surface area (Å²) < 4.78 is 12.7. The van der Waals surface area contributed by atoms with Crippen molar-refractivity contribution in [2.24, 2.45) is 7.05 Å². The van der Waals surface area contributed by atoms with Gasteiger partial charge < -0.3 is 19.1 Å². The second-order valence-electron chi connectivity index (χ2n) is 4.18. The van der Waals surface area contributed by atoms with Crippen LogP contribution in [0.3, 0.4) is 0 Å². The van der Waals surface area contributed by atoms with E-state index in [0.29, 0.717) is 31.9 Å². The van der Waals surface area contributed by atoms with Crippen LogP contribution in [-0.2, 0) is 16.5 Å². The second-order valence-corrected chi connectivity index (χ2v) is 4.18. The highest BCUT2D eigenvalue weighted by molar-refractivity contribution is 5.05. The van der Waals surface area contributed by atoms with Gasteiger partial charge in [-0.25, -0.2) is 4.98 Å². The third-order valence-corrected chi connectivity index (χ3v) is 3.35. The summed E-state index contributed by atoms with van der Waals surface area (Å²) in [6.07, 6.45) is 4.18. The molecular formula is C11H18N2O3. The maximum Gasteiger partial charge on any atom is 0.141 e. The third kappa shape index (κ3) is 1.86. The molecular weight excluding hydrogens is 208 g/mol. The normalized spacial score (nSPS) is 21.9. The Morgan fingerprint density at radius 1 is 1.56 bits per heavy atom. The number of methoxy groups -OCH3 is 1. The number of hydrogen-bond donors (Lipinski definition) is 1. The minimum atomic E-state index is -0.707. The number of aliphatic hydroxyl groups excluding tert-OH is 1. The summed E-state index contributed by atoms with van der Waals surface area (Å²) in [4.78, 5) is 4.18. The van der Waals surface area contributed by atoms with E-state index >= 15 is 0 Å².